The fourth-order valence-electron chi connectivity index (χ4n) is 5.41. The molecule has 0 aromatic heterocycles. The van der Waals surface area contributed by atoms with Gasteiger partial charge in [0.05, 0.1) is 24.6 Å². The number of para-hydroxylation sites is 2. The van der Waals surface area contributed by atoms with Gasteiger partial charge in [-0.1, -0.05) is 12.1 Å². The van der Waals surface area contributed by atoms with Crippen molar-refractivity contribution in [3.8, 4) is 11.5 Å². The molecule has 2 bridgehead atoms. The van der Waals surface area contributed by atoms with Crippen molar-refractivity contribution in [1.29, 1.82) is 0 Å². The molecule has 4 unspecified atom stereocenters. The van der Waals surface area contributed by atoms with Crippen LogP contribution in [0.15, 0.2) is 48.5 Å². The van der Waals surface area contributed by atoms with Crippen LogP contribution in [-0.2, 0) is 9.59 Å². The van der Waals surface area contributed by atoms with E-state index in [0.29, 0.717) is 34.6 Å². The van der Waals surface area contributed by atoms with Crippen LogP contribution in [0.5, 0.6) is 11.5 Å². The summed E-state index contributed by atoms with van der Waals surface area (Å²) in [4.78, 5) is 40.1. The number of rotatable bonds is 6. The Bertz CT molecular complexity index is 987. The first kappa shape index (κ1) is 18.9. The Morgan fingerprint density at radius 3 is 2.23 bits per heavy atom. The Hall–Kier alpha value is -3.15. The van der Waals surface area contributed by atoms with E-state index in [9.17, 15) is 14.4 Å². The molecule has 2 aliphatic carbocycles. The molecule has 30 heavy (non-hydrogen) atoms. The fourth-order valence-corrected chi connectivity index (χ4v) is 5.41. The third-order valence-electron chi connectivity index (χ3n) is 6.80. The maximum absolute atomic E-state index is 13.1. The van der Waals surface area contributed by atoms with E-state index >= 15 is 0 Å². The van der Waals surface area contributed by atoms with Gasteiger partial charge in [-0.15, -0.1) is 0 Å². The highest BCUT2D eigenvalue weighted by atomic mass is 16.5. The van der Waals surface area contributed by atoms with Crippen molar-refractivity contribution in [2.75, 3.05) is 18.6 Å². The van der Waals surface area contributed by atoms with Crippen LogP contribution in [0.1, 0.15) is 29.6 Å². The number of hydrogen-bond acceptors (Lipinski definition) is 5. The SMILES string of the molecule is COc1ccc(C(=O)COc2ccccc2N2C(=O)C3C4CCC(C4)C3C2=O)cc1. The molecule has 6 heteroatoms. The van der Waals surface area contributed by atoms with E-state index in [1.54, 1.807) is 55.6 Å². The van der Waals surface area contributed by atoms with E-state index in [4.69, 9.17) is 9.47 Å². The molecule has 154 valence electrons. The molecule has 1 heterocycles. The first-order valence-corrected chi connectivity index (χ1v) is 10.4. The summed E-state index contributed by atoms with van der Waals surface area (Å²) in [5, 5.41) is 0. The lowest BCUT2D eigenvalue weighted by molar-refractivity contribution is -0.123. The van der Waals surface area contributed by atoms with Crippen molar-refractivity contribution in [2.45, 2.75) is 19.3 Å². The minimum absolute atomic E-state index is 0.116. The van der Waals surface area contributed by atoms with Gasteiger partial charge >= 0.3 is 0 Å². The van der Waals surface area contributed by atoms with Gasteiger partial charge in [0.25, 0.3) is 0 Å². The Morgan fingerprint density at radius 1 is 0.967 bits per heavy atom. The molecule has 5 rings (SSSR count). The third-order valence-corrected chi connectivity index (χ3v) is 6.80. The molecule has 0 radical (unpaired) electrons. The van der Waals surface area contributed by atoms with Crippen LogP contribution < -0.4 is 14.4 Å². The Kier molecular flexibility index (Phi) is 4.57. The maximum Gasteiger partial charge on any atom is 0.238 e. The van der Waals surface area contributed by atoms with Gasteiger partial charge < -0.3 is 9.47 Å². The van der Waals surface area contributed by atoms with Crippen LogP contribution in [0.3, 0.4) is 0 Å². The molecule has 2 saturated carbocycles. The molecule has 2 aromatic rings. The minimum Gasteiger partial charge on any atom is -0.497 e. The van der Waals surface area contributed by atoms with Gasteiger partial charge in [0, 0.05) is 5.56 Å². The second-order valence-electron chi connectivity index (χ2n) is 8.30. The number of carbonyl (C=O) groups is 3. The van der Waals surface area contributed by atoms with Crippen LogP contribution in [0, 0.1) is 23.7 Å². The molecule has 3 aliphatic rings. The topological polar surface area (TPSA) is 72.9 Å². The quantitative estimate of drug-likeness (QED) is 0.543. The lowest BCUT2D eigenvalue weighted by Gasteiger charge is -2.20. The molecular formula is C24H23NO5. The summed E-state index contributed by atoms with van der Waals surface area (Å²) < 4.78 is 10.9. The third kappa shape index (κ3) is 2.90. The number of methoxy groups -OCH3 is 1. The van der Waals surface area contributed by atoms with Crippen molar-refractivity contribution < 1.29 is 23.9 Å². The van der Waals surface area contributed by atoms with E-state index in [2.05, 4.69) is 0 Å². The Morgan fingerprint density at radius 2 is 1.60 bits per heavy atom. The highest BCUT2D eigenvalue weighted by molar-refractivity contribution is 6.23. The van der Waals surface area contributed by atoms with Crippen molar-refractivity contribution in [3.63, 3.8) is 0 Å². The highest BCUT2D eigenvalue weighted by Crippen LogP contribution is 2.57. The van der Waals surface area contributed by atoms with Crippen LogP contribution in [0.25, 0.3) is 0 Å². The predicted molar refractivity (Wildman–Crippen MR) is 110 cm³/mol. The van der Waals surface area contributed by atoms with Crippen LogP contribution in [0.2, 0.25) is 0 Å². The molecule has 0 spiro atoms. The normalized spacial score (nSPS) is 26.8. The Balaban J connectivity index is 1.35. The zero-order valence-corrected chi connectivity index (χ0v) is 16.7. The van der Waals surface area contributed by atoms with E-state index in [1.165, 1.54) is 4.90 Å². The molecule has 0 N–H and O–H groups in total. The van der Waals surface area contributed by atoms with Gasteiger partial charge in [-0.25, -0.2) is 4.90 Å². The summed E-state index contributed by atoms with van der Waals surface area (Å²) >= 11 is 0. The highest BCUT2D eigenvalue weighted by Gasteiger charge is 2.61. The minimum atomic E-state index is -0.193. The van der Waals surface area contributed by atoms with Gasteiger partial charge in [-0.3, -0.25) is 14.4 Å². The second kappa shape index (κ2) is 7.27. The van der Waals surface area contributed by atoms with Crippen LogP contribution in [0.4, 0.5) is 5.69 Å². The van der Waals surface area contributed by atoms with Gasteiger partial charge in [-0.05, 0) is 67.5 Å². The molecule has 2 amide bonds. The number of carbonyl (C=O) groups excluding carboxylic acids is 3. The number of benzene rings is 2. The molecule has 2 aromatic carbocycles. The number of nitrogens with zero attached hydrogens (tertiary/aromatic N) is 1. The van der Waals surface area contributed by atoms with Crippen molar-refractivity contribution in [2.24, 2.45) is 23.7 Å². The van der Waals surface area contributed by atoms with Crippen LogP contribution in [-0.4, -0.2) is 31.3 Å². The summed E-state index contributed by atoms with van der Waals surface area (Å²) in [6.07, 6.45) is 3.07. The van der Waals surface area contributed by atoms with Crippen molar-refractivity contribution in [1.82, 2.24) is 0 Å². The first-order chi connectivity index (χ1) is 14.6. The number of hydrogen-bond donors (Lipinski definition) is 0. The van der Waals surface area contributed by atoms with E-state index in [1.807, 2.05) is 0 Å². The number of anilines is 1. The summed E-state index contributed by atoms with van der Waals surface area (Å²) in [6.45, 7) is -0.183. The van der Waals surface area contributed by atoms with Crippen molar-refractivity contribution in [3.05, 3.63) is 54.1 Å². The smallest absolute Gasteiger partial charge is 0.238 e. The van der Waals surface area contributed by atoms with E-state index in [-0.39, 0.29) is 36.0 Å². The Labute approximate surface area is 174 Å². The first-order valence-electron chi connectivity index (χ1n) is 10.4. The average Bonchev–Trinajstić information content (AvgIpc) is 3.46. The molecule has 4 atom stereocenters. The molecule has 6 nitrogen and oxygen atoms in total. The monoisotopic (exact) mass is 405 g/mol. The maximum atomic E-state index is 13.1. The number of amides is 2. The lowest BCUT2D eigenvalue weighted by Crippen LogP contribution is -2.33. The van der Waals surface area contributed by atoms with Crippen molar-refractivity contribution >= 4 is 23.3 Å². The molecular weight excluding hydrogens is 382 g/mol. The largest absolute Gasteiger partial charge is 0.497 e. The molecule has 1 aliphatic heterocycles. The zero-order chi connectivity index (χ0) is 20.8. The van der Waals surface area contributed by atoms with E-state index in [0.717, 1.165) is 19.3 Å². The van der Waals surface area contributed by atoms with Gasteiger partial charge in [-0.2, -0.15) is 0 Å². The lowest BCUT2D eigenvalue weighted by atomic mass is 9.81. The number of Topliss-reactive ketones (excluding diaryl/α,β-unsaturated/α-hetero) is 1. The second-order valence-corrected chi connectivity index (χ2v) is 8.30. The number of ketones is 1. The fraction of sp³-hybridized carbons (Fsp3) is 0.375. The number of ether oxygens (including phenoxy) is 2. The summed E-state index contributed by atoms with van der Waals surface area (Å²) in [7, 11) is 1.57. The predicted octanol–water partition coefficient (Wildman–Crippen LogP) is 3.49. The number of imide groups is 1. The summed E-state index contributed by atoms with van der Waals surface area (Å²) in [5.41, 5.74) is 0.941. The summed E-state index contributed by atoms with van der Waals surface area (Å²) in [5.74, 6) is 0.885. The van der Waals surface area contributed by atoms with Gasteiger partial charge in [0.15, 0.2) is 12.4 Å². The van der Waals surface area contributed by atoms with Crippen LogP contribution >= 0.6 is 0 Å². The average molecular weight is 405 g/mol. The summed E-state index contributed by atoms with van der Waals surface area (Å²) in [6, 6.07) is 13.8. The van der Waals surface area contributed by atoms with Gasteiger partial charge in [0.1, 0.15) is 11.5 Å². The molecule has 3 fully saturated rings. The number of fused-ring (bicyclic) bond motifs is 5. The standard InChI is InChI=1S/C24H23NO5/c1-29-17-10-8-14(9-11-17)19(26)13-30-20-5-3-2-4-18(20)25-23(27)21-15-6-7-16(12-15)22(21)24(25)28/h2-5,8-11,15-16,21-22H,6-7,12-13H2,1H3. The zero-order valence-electron chi connectivity index (χ0n) is 16.7. The van der Waals surface area contributed by atoms with E-state index < -0.39 is 0 Å². The molecule has 1 saturated heterocycles. The van der Waals surface area contributed by atoms with Gasteiger partial charge in [0.2, 0.25) is 11.8 Å².